The molecule has 1 aromatic carbocycles. The van der Waals surface area contributed by atoms with Crippen LogP contribution < -0.4 is 0 Å². The molecule has 0 radical (unpaired) electrons. The van der Waals surface area contributed by atoms with Gasteiger partial charge in [-0.25, -0.2) is 4.79 Å². The van der Waals surface area contributed by atoms with Crippen LogP contribution in [0.15, 0.2) is 24.3 Å². The van der Waals surface area contributed by atoms with E-state index in [0.29, 0.717) is 0 Å². The van der Waals surface area contributed by atoms with Crippen molar-refractivity contribution in [3.63, 3.8) is 0 Å². The summed E-state index contributed by atoms with van der Waals surface area (Å²) in [7, 11) is 0. The minimum absolute atomic E-state index is 0.152. The number of carbonyl (C=O) groups excluding carboxylic acids is 3. The third-order valence-corrected chi connectivity index (χ3v) is 2.84. The zero-order chi connectivity index (χ0) is 17.6. The van der Waals surface area contributed by atoms with Crippen LogP contribution in [0.3, 0.4) is 0 Å². The third kappa shape index (κ3) is 4.54. The van der Waals surface area contributed by atoms with Gasteiger partial charge in [-0.1, -0.05) is 18.2 Å². The summed E-state index contributed by atoms with van der Waals surface area (Å²) in [6.07, 6.45) is -4.80. The van der Waals surface area contributed by atoms with E-state index in [0.717, 1.165) is 18.2 Å². The van der Waals surface area contributed by atoms with Crippen LogP contribution in [-0.2, 0) is 30.0 Å². The van der Waals surface area contributed by atoms with E-state index in [2.05, 4.69) is 9.47 Å². The Morgan fingerprint density at radius 1 is 1.04 bits per heavy atom. The van der Waals surface area contributed by atoms with Crippen LogP contribution >= 0.6 is 0 Å². The predicted molar refractivity (Wildman–Crippen MR) is 72.5 cm³/mol. The fourth-order valence-corrected chi connectivity index (χ4v) is 1.93. The molecule has 0 fully saturated rings. The number of rotatable bonds is 6. The minimum atomic E-state index is -4.80. The second-order valence-electron chi connectivity index (χ2n) is 4.35. The van der Waals surface area contributed by atoms with E-state index in [1.807, 2.05) is 0 Å². The summed E-state index contributed by atoms with van der Waals surface area (Å²) in [6, 6.07) is 4.03. The van der Waals surface area contributed by atoms with E-state index in [1.54, 1.807) is 0 Å². The van der Waals surface area contributed by atoms with Gasteiger partial charge in [0, 0.05) is 0 Å². The number of carbonyl (C=O) groups is 3. The lowest BCUT2D eigenvalue weighted by Gasteiger charge is -2.18. The Bertz CT molecular complexity index is 595. The molecular weight excluding hydrogens is 317 g/mol. The van der Waals surface area contributed by atoms with Gasteiger partial charge < -0.3 is 9.47 Å². The lowest BCUT2D eigenvalue weighted by atomic mass is 9.90. The van der Waals surface area contributed by atoms with E-state index in [4.69, 9.17) is 0 Å². The number of ether oxygens (including phenoxy) is 2. The largest absolute Gasteiger partial charge is 0.465 e. The normalized spacial score (nSPS) is 12.4. The van der Waals surface area contributed by atoms with Crippen LogP contribution in [-0.4, -0.2) is 30.9 Å². The van der Waals surface area contributed by atoms with Gasteiger partial charge in [0.05, 0.1) is 18.8 Å². The number of hydrogen-bond donors (Lipinski definition) is 0. The van der Waals surface area contributed by atoms with Crippen molar-refractivity contribution in [2.45, 2.75) is 25.9 Å². The zero-order valence-electron chi connectivity index (χ0n) is 12.5. The van der Waals surface area contributed by atoms with Gasteiger partial charge in [-0.15, -0.1) is 0 Å². The number of alkyl halides is 3. The standard InChI is InChI=1S/C15H15F3O5/c1-3-22-13(20)11(12(19)14(21)23-4-2)9-7-5-6-8-10(9)15(16,17)18/h5-8,11H,3-4H2,1-2H3/t11-/m0/s1. The van der Waals surface area contributed by atoms with E-state index in [9.17, 15) is 27.6 Å². The number of halogens is 3. The predicted octanol–water partition coefficient (Wildman–Crippen LogP) is 2.48. The molecule has 0 unspecified atom stereocenters. The summed E-state index contributed by atoms with van der Waals surface area (Å²) in [5, 5.41) is 0. The SMILES string of the molecule is CCOC(=O)C(=O)[C@@H](C(=O)OCC)c1ccccc1C(F)(F)F. The molecular formula is C15H15F3O5. The molecule has 0 bridgehead atoms. The van der Waals surface area contributed by atoms with Crippen LogP contribution in [0.25, 0.3) is 0 Å². The molecule has 8 heteroatoms. The Morgan fingerprint density at radius 2 is 1.61 bits per heavy atom. The average molecular weight is 332 g/mol. The average Bonchev–Trinajstić information content (AvgIpc) is 2.47. The maximum atomic E-state index is 13.1. The molecule has 0 aliphatic rings. The summed E-state index contributed by atoms with van der Waals surface area (Å²) in [5.41, 5.74) is -1.83. The molecule has 126 valence electrons. The van der Waals surface area contributed by atoms with Gasteiger partial charge in [0.25, 0.3) is 5.78 Å². The smallest absolute Gasteiger partial charge is 0.416 e. The number of esters is 2. The number of hydrogen-bond acceptors (Lipinski definition) is 5. The van der Waals surface area contributed by atoms with Gasteiger partial charge in [0.2, 0.25) is 0 Å². The van der Waals surface area contributed by atoms with Crippen molar-refractivity contribution < 1.29 is 37.0 Å². The molecule has 1 rings (SSSR count). The van der Waals surface area contributed by atoms with Crippen LogP contribution in [0, 0.1) is 0 Å². The highest BCUT2D eigenvalue weighted by Crippen LogP contribution is 2.36. The topological polar surface area (TPSA) is 69.7 Å². The highest BCUT2D eigenvalue weighted by atomic mass is 19.4. The van der Waals surface area contributed by atoms with E-state index < -0.39 is 40.9 Å². The first-order valence-corrected chi connectivity index (χ1v) is 6.77. The maximum Gasteiger partial charge on any atom is 0.416 e. The molecule has 23 heavy (non-hydrogen) atoms. The molecule has 1 atom stereocenters. The van der Waals surface area contributed by atoms with Crippen LogP contribution in [0.2, 0.25) is 0 Å². The van der Waals surface area contributed by atoms with Crippen molar-refractivity contribution in [2.75, 3.05) is 13.2 Å². The highest BCUT2D eigenvalue weighted by Gasteiger charge is 2.42. The zero-order valence-corrected chi connectivity index (χ0v) is 12.5. The van der Waals surface area contributed by atoms with Gasteiger partial charge in [-0.05, 0) is 25.5 Å². The van der Waals surface area contributed by atoms with Crippen molar-refractivity contribution >= 4 is 17.7 Å². The quantitative estimate of drug-likeness (QED) is 0.455. The summed E-state index contributed by atoms with van der Waals surface area (Å²) < 4.78 is 48.4. The van der Waals surface area contributed by atoms with Crippen molar-refractivity contribution in [3.05, 3.63) is 35.4 Å². The lowest BCUT2D eigenvalue weighted by molar-refractivity contribution is -0.159. The van der Waals surface area contributed by atoms with E-state index >= 15 is 0 Å². The van der Waals surface area contributed by atoms with Crippen LogP contribution in [0.5, 0.6) is 0 Å². The molecule has 0 aliphatic heterocycles. The van der Waals surface area contributed by atoms with Crippen molar-refractivity contribution in [3.8, 4) is 0 Å². The molecule has 0 saturated carbocycles. The second kappa shape index (κ2) is 7.75. The summed E-state index contributed by atoms with van der Waals surface area (Å²) >= 11 is 0. The molecule has 0 saturated heterocycles. The van der Waals surface area contributed by atoms with Gasteiger partial charge in [-0.3, -0.25) is 9.59 Å². The van der Waals surface area contributed by atoms with Crippen LogP contribution in [0.4, 0.5) is 13.2 Å². The molecule has 5 nitrogen and oxygen atoms in total. The van der Waals surface area contributed by atoms with E-state index in [1.165, 1.54) is 19.9 Å². The first kappa shape index (κ1) is 18.7. The van der Waals surface area contributed by atoms with Crippen molar-refractivity contribution in [1.82, 2.24) is 0 Å². The molecule has 0 spiro atoms. The first-order valence-electron chi connectivity index (χ1n) is 6.77. The second-order valence-corrected chi connectivity index (χ2v) is 4.35. The van der Waals surface area contributed by atoms with Crippen LogP contribution in [0.1, 0.15) is 30.9 Å². The van der Waals surface area contributed by atoms with Gasteiger partial charge >= 0.3 is 18.1 Å². The molecule has 0 amide bonds. The summed E-state index contributed by atoms with van der Waals surface area (Å²) in [5.74, 6) is -6.04. The molecule has 0 aliphatic carbocycles. The lowest BCUT2D eigenvalue weighted by Crippen LogP contribution is -2.32. The molecule has 0 aromatic heterocycles. The van der Waals surface area contributed by atoms with Gasteiger partial charge in [0.1, 0.15) is 0 Å². The first-order chi connectivity index (χ1) is 10.7. The Morgan fingerprint density at radius 3 is 2.13 bits per heavy atom. The Balaban J connectivity index is 3.39. The Labute approximate surface area is 130 Å². The molecule has 0 heterocycles. The minimum Gasteiger partial charge on any atom is -0.465 e. The summed E-state index contributed by atoms with van der Waals surface area (Å²) in [4.78, 5) is 35.6. The van der Waals surface area contributed by atoms with E-state index in [-0.39, 0.29) is 13.2 Å². The number of ketones is 1. The summed E-state index contributed by atoms with van der Waals surface area (Å²) in [6.45, 7) is 2.55. The van der Waals surface area contributed by atoms with Crippen molar-refractivity contribution in [1.29, 1.82) is 0 Å². The monoisotopic (exact) mass is 332 g/mol. The molecule has 1 aromatic rings. The fraction of sp³-hybridized carbons (Fsp3) is 0.400. The fourth-order valence-electron chi connectivity index (χ4n) is 1.93. The third-order valence-electron chi connectivity index (χ3n) is 2.84. The van der Waals surface area contributed by atoms with Crippen molar-refractivity contribution in [2.24, 2.45) is 0 Å². The number of Topliss-reactive ketones (excluding diaryl/α,β-unsaturated/α-hetero) is 1. The molecule has 0 N–H and O–H groups in total. The number of benzene rings is 1. The maximum absolute atomic E-state index is 13.1. The van der Waals surface area contributed by atoms with Gasteiger partial charge in [-0.2, -0.15) is 13.2 Å². The Hall–Kier alpha value is -2.38. The van der Waals surface area contributed by atoms with Gasteiger partial charge in [0.15, 0.2) is 5.92 Å². The highest BCUT2D eigenvalue weighted by molar-refractivity contribution is 6.39. The Kier molecular flexibility index (Phi) is 6.29.